The lowest BCUT2D eigenvalue weighted by Gasteiger charge is -2.34. The molecule has 1 saturated heterocycles. The van der Waals surface area contributed by atoms with E-state index < -0.39 is 27.9 Å². The van der Waals surface area contributed by atoms with E-state index >= 15 is 4.39 Å². The maximum atomic E-state index is 15.0. The molecule has 2 atom stereocenters. The number of benzene rings is 1. The van der Waals surface area contributed by atoms with Crippen molar-refractivity contribution < 1.29 is 21.9 Å². The molecule has 2 aliphatic rings. The Morgan fingerprint density at radius 1 is 1.14 bits per heavy atom. The maximum Gasteiger partial charge on any atom is 0.225 e. The second-order valence-electron chi connectivity index (χ2n) is 8.92. The molecule has 0 unspecified atom stereocenters. The molecular formula is C24H26F2N6O3S. The molecule has 9 nitrogen and oxygen atoms in total. The third-order valence-corrected chi connectivity index (χ3v) is 7.61. The standard InChI is InChI=1S/C24H26F2N6O3S/c1-3-15-11-27-24(28-12-15)31-8-7-19(17(25)13-31)35-22-10-21(29-14-30-22)32-9-6-16-18(32)4-5-20(23(16)26)36(2,33)34/h4-5,10-12,14,17,19H,3,6-9,13H2,1-2H3/t17-,19+/m1/s1. The van der Waals surface area contributed by atoms with Gasteiger partial charge in [-0.1, -0.05) is 6.92 Å². The normalized spacial score (nSPS) is 19.9. The van der Waals surface area contributed by atoms with Gasteiger partial charge in [0, 0.05) is 55.5 Å². The lowest BCUT2D eigenvalue weighted by atomic mass is 10.1. The van der Waals surface area contributed by atoms with E-state index in [1.165, 1.54) is 12.4 Å². The number of anilines is 3. The summed E-state index contributed by atoms with van der Waals surface area (Å²) < 4.78 is 59.5. The lowest BCUT2D eigenvalue weighted by Crippen LogP contribution is -2.47. The third kappa shape index (κ3) is 4.69. The summed E-state index contributed by atoms with van der Waals surface area (Å²) in [6.45, 7) is 3.08. The van der Waals surface area contributed by atoms with Crippen LogP contribution in [0.2, 0.25) is 0 Å². The highest BCUT2D eigenvalue weighted by molar-refractivity contribution is 7.90. The van der Waals surface area contributed by atoms with Gasteiger partial charge >= 0.3 is 0 Å². The van der Waals surface area contributed by atoms with E-state index in [0.717, 1.165) is 18.2 Å². The van der Waals surface area contributed by atoms with Crippen LogP contribution in [-0.2, 0) is 22.7 Å². The summed E-state index contributed by atoms with van der Waals surface area (Å²) in [5.41, 5.74) is 1.88. The van der Waals surface area contributed by atoms with Crippen molar-refractivity contribution in [1.82, 2.24) is 19.9 Å². The zero-order valence-corrected chi connectivity index (χ0v) is 20.8. The molecule has 3 aromatic rings. The van der Waals surface area contributed by atoms with E-state index in [9.17, 15) is 12.8 Å². The molecule has 1 fully saturated rings. The predicted octanol–water partition coefficient (Wildman–Crippen LogP) is 3.06. The molecule has 0 spiro atoms. The molecular weight excluding hydrogens is 490 g/mol. The number of aromatic nitrogens is 4. The number of halogens is 2. The molecule has 0 bridgehead atoms. The van der Waals surface area contributed by atoms with Crippen molar-refractivity contribution in [3.8, 4) is 5.88 Å². The van der Waals surface area contributed by atoms with E-state index in [0.29, 0.717) is 48.9 Å². The van der Waals surface area contributed by atoms with Crippen molar-refractivity contribution >= 4 is 27.3 Å². The van der Waals surface area contributed by atoms with Crippen LogP contribution in [0.25, 0.3) is 0 Å². The molecule has 2 aromatic heterocycles. The van der Waals surface area contributed by atoms with Gasteiger partial charge in [0.05, 0.1) is 6.54 Å². The molecule has 1 aromatic carbocycles. The maximum absolute atomic E-state index is 15.0. The summed E-state index contributed by atoms with van der Waals surface area (Å²) in [5, 5.41) is 0. The number of aryl methyl sites for hydroxylation is 1. The number of alkyl halides is 1. The zero-order valence-electron chi connectivity index (χ0n) is 19.9. The Balaban J connectivity index is 1.29. The van der Waals surface area contributed by atoms with Crippen LogP contribution >= 0.6 is 0 Å². The van der Waals surface area contributed by atoms with E-state index in [1.807, 2.05) is 6.92 Å². The van der Waals surface area contributed by atoms with Crippen LogP contribution in [0.4, 0.5) is 26.2 Å². The largest absolute Gasteiger partial charge is 0.471 e. The topological polar surface area (TPSA) is 101 Å². The molecule has 0 radical (unpaired) electrons. The molecule has 5 rings (SSSR count). The van der Waals surface area contributed by atoms with Crippen LogP contribution in [0.3, 0.4) is 0 Å². The fraction of sp³-hybridized carbons (Fsp3) is 0.417. The highest BCUT2D eigenvalue weighted by atomic mass is 32.2. The summed E-state index contributed by atoms with van der Waals surface area (Å²) in [6, 6.07) is 4.43. The smallest absolute Gasteiger partial charge is 0.225 e. The SMILES string of the molecule is CCc1cnc(N2CC[C@H](Oc3cc(N4CCc5c4ccc(S(C)(=O)=O)c5F)ncn3)[C@H](F)C2)nc1. The Morgan fingerprint density at radius 2 is 1.92 bits per heavy atom. The number of ether oxygens (including phenoxy) is 1. The van der Waals surface area contributed by atoms with Gasteiger partial charge in [0.25, 0.3) is 0 Å². The molecule has 2 aliphatic heterocycles. The van der Waals surface area contributed by atoms with Crippen LogP contribution in [0.5, 0.6) is 5.88 Å². The molecule has 0 aliphatic carbocycles. The van der Waals surface area contributed by atoms with Gasteiger partial charge in [-0.15, -0.1) is 0 Å². The molecule has 12 heteroatoms. The highest BCUT2D eigenvalue weighted by Gasteiger charge is 2.33. The molecule has 4 heterocycles. The Hall–Kier alpha value is -3.41. The lowest BCUT2D eigenvalue weighted by molar-refractivity contribution is 0.0776. The number of hydrogen-bond acceptors (Lipinski definition) is 9. The van der Waals surface area contributed by atoms with Crippen molar-refractivity contribution in [3.05, 3.63) is 53.9 Å². The number of piperidine rings is 1. The van der Waals surface area contributed by atoms with Crippen LogP contribution in [0, 0.1) is 5.82 Å². The van der Waals surface area contributed by atoms with Crippen LogP contribution < -0.4 is 14.5 Å². The van der Waals surface area contributed by atoms with Gasteiger partial charge in [0.1, 0.15) is 29.0 Å². The molecule has 0 N–H and O–H groups in total. The Kier molecular flexibility index (Phi) is 6.45. The summed E-state index contributed by atoms with van der Waals surface area (Å²) in [5.74, 6) is 0.439. The Morgan fingerprint density at radius 3 is 2.61 bits per heavy atom. The van der Waals surface area contributed by atoms with Gasteiger partial charge in [-0.05, 0) is 30.5 Å². The van der Waals surface area contributed by atoms with Gasteiger partial charge in [-0.2, -0.15) is 0 Å². The Bertz CT molecular complexity index is 1370. The minimum atomic E-state index is -3.68. The van der Waals surface area contributed by atoms with Gasteiger partial charge in [0.15, 0.2) is 16.0 Å². The fourth-order valence-electron chi connectivity index (χ4n) is 4.54. The fourth-order valence-corrected chi connectivity index (χ4v) is 5.30. The summed E-state index contributed by atoms with van der Waals surface area (Å²) in [4.78, 5) is 20.3. The van der Waals surface area contributed by atoms with Crippen molar-refractivity contribution in [1.29, 1.82) is 0 Å². The highest BCUT2D eigenvalue weighted by Crippen LogP contribution is 2.38. The zero-order chi connectivity index (χ0) is 25.4. The minimum absolute atomic E-state index is 0.107. The number of sulfone groups is 1. The van der Waals surface area contributed by atoms with E-state index in [1.54, 1.807) is 34.3 Å². The molecule has 0 saturated carbocycles. The molecule has 190 valence electrons. The van der Waals surface area contributed by atoms with Gasteiger partial charge in [-0.25, -0.2) is 37.1 Å². The first-order valence-corrected chi connectivity index (χ1v) is 13.6. The summed E-state index contributed by atoms with van der Waals surface area (Å²) in [7, 11) is -3.68. The number of hydrogen-bond donors (Lipinski definition) is 0. The van der Waals surface area contributed by atoms with E-state index in [-0.39, 0.29) is 17.3 Å². The summed E-state index contributed by atoms with van der Waals surface area (Å²) in [6.07, 6.45) is 5.43. The second-order valence-corrected chi connectivity index (χ2v) is 10.9. The quantitative estimate of drug-likeness (QED) is 0.489. The van der Waals surface area contributed by atoms with Crippen LogP contribution in [0.15, 0.2) is 41.8 Å². The first kappa shape index (κ1) is 24.3. The number of nitrogens with zero attached hydrogens (tertiary/aromatic N) is 6. The van der Waals surface area contributed by atoms with Crippen molar-refractivity contribution in [2.75, 3.05) is 35.7 Å². The molecule has 36 heavy (non-hydrogen) atoms. The van der Waals surface area contributed by atoms with Crippen LogP contribution in [0.1, 0.15) is 24.5 Å². The van der Waals surface area contributed by atoms with Crippen LogP contribution in [-0.4, -0.2) is 66.5 Å². The first-order chi connectivity index (χ1) is 17.2. The van der Waals surface area contributed by atoms with Crippen molar-refractivity contribution in [3.63, 3.8) is 0 Å². The van der Waals surface area contributed by atoms with E-state index in [4.69, 9.17) is 4.74 Å². The second kappa shape index (κ2) is 9.57. The Labute approximate surface area is 208 Å². The predicted molar refractivity (Wildman–Crippen MR) is 130 cm³/mol. The van der Waals surface area contributed by atoms with Gasteiger partial charge in [-0.3, -0.25) is 0 Å². The van der Waals surface area contributed by atoms with E-state index in [2.05, 4.69) is 19.9 Å². The summed E-state index contributed by atoms with van der Waals surface area (Å²) >= 11 is 0. The average Bonchev–Trinajstić information content (AvgIpc) is 3.30. The first-order valence-electron chi connectivity index (χ1n) is 11.7. The minimum Gasteiger partial charge on any atom is -0.471 e. The van der Waals surface area contributed by atoms with Gasteiger partial charge < -0.3 is 14.5 Å². The monoisotopic (exact) mass is 516 g/mol. The molecule has 0 amide bonds. The van der Waals surface area contributed by atoms with Crippen molar-refractivity contribution in [2.45, 2.75) is 43.4 Å². The third-order valence-electron chi connectivity index (χ3n) is 6.50. The van der Waals surface area contributed by atoms with Crippen molar-refractivity contribution in [2.24, 2.45) is 0 Å². The average molecular weight is 517 g/mol. The number of fused-ring (bicyclic) bond motifs is 1. The van der Waals surface area contributed by atoms with Gasteiger partial charge in [0.2, 0.25) is 11.8 Å². The number of rotatable bonds is 6.